The zero-order chi connectivity index (χ0) is 16.4. The molecule has 22 heavy (non-hydrogen) atoms. The van der Waals surface area contributed by atoms with Gasteiger partial charge in [0, 0.05) is 25.4 Å². The molecule has 124 valence electrons. The first kappa shape index (κ1) is 17.4. The minimum Gasteiger partial charge on any atom is -0.318 e. The molecule has 1 heterocycles. The highest BCUT2D eigenvalue weighted by Gasteiger charge is 2.34. The van der Waals surface area contributed by atoms with Crippen LogP contribution in [0.3, 0.4) is 0 Å². The Morgan fingerprint density at radius 1 is 1.18 bits per heavy atom. The molecule has 0 radical (unpaired) electrons. The van der Waals surface area contributed by atoms with Crippen LogP contribution in [-0.2, 0) is 25.6 Å². The lowest BCUT2D eigenvalue weighted by Crippen LogP contribution is -2.40. The Labute approximate surface area is 132 Å². The third-order valence-electron chi connectivity index (χ3n) is 3.72. The molecular weight excluding hydrogens is 324 g/mol. The van der Waals surface area contributed by atoms with Crippen molar-refractivity contribution in [2.45, 2.75) is 29.5 Å². The monoisotopic (exact) mass is 346 g/mol. The predicted octanol–water partition coefficient (Wildman–Crippen LogP) is 0.604. The fourth-order valence-electron chi connectivity index (χ4n) is 2.76. The molecule has 0 unspecified atom stereocenters. The van der Waals surface area contributed by atoms with Crippen molar-refractivity contribution in [3.05, 3.63) is 29.8 Å². The van der Waals surface area contributed by atoms with Gasteiger partial charge < -0.3 is 5.32 Å². The van der Waals surface area contributed by atoms with Crippen molar-refractivity contribution in [2.75, 3.05) is 26.4 Å². The molecule has 1 aliphatic heterocycles. The number of sulfonamides is 1. The van der Waals surface area contributed by atoms with E-state index in [9.17, 15) is 16.8 Å². The van der Waals surface area contributed by atoms with Gasteiger partial charge in [-0.15, -0.1) is 0 Å². The average molecular weight is 346 g/mol. The fraction of sp³-hybridized carbons (Fsp3) is 0.571. The predicted molar refractivity (Wildman–Crippen MR) is 85.8 cm³/mol. The van der Waals surface area contributed by atoms with E-state index in [1.165, 1.54) is 16.4 Å². The lowest BCUT2D eigenvalue weighted by atomic mass is 10.2. The van der Waals surface area contributed by atoms with Crippen molar-refractivity contribution < 1.29 is 16.8 Å². The van der Waals surface area contributed by atoms with Crippen molar-refractivity contribution in [3.8, 4) is 0 Å². The van der Waals surface area contributed by atoms with Crippen molar-refractivity contribution in [3.63, 3.8) is 0 Å². The van der Waals surface area contributed by atoms with E-state index in [1.54, 1.807) is 12.1 Å². The summed E-state index contributed by atoms with van der Waals surface area (Å²) in [5.74, 6) is -0.0839. The number of hydrogen-bond donors (Lipinski definition) is 1. The summed E-state index contributed by atoms with van der Waals surface area (Å²) < 4.78 is 49.5. The second kappa shape index (κ2) is 6.66. The summed E-state index contributed by atoms with van der Waals surface area (Å²) in [5, 5.41) is 3.03. The molecule has 1 N–H and O–H groups in total. The van der Waals surface area contributed by atoms with Gasteiger partial charge in [0.1, 0.15) is 0 Å². The Bertz CT molecular complexity index is 712. The number of nitrogens with zero attached hydrogens (tertiary/aromatic N) is 1. The number of likely N-dealkylation sites (N-methyl/N-ethyl adjacent to an activating group) is 1. The van der Waals surface area contributed by atoms with Gasteiger partial charge in [-0.1, -0.05) is 12.1 Å². The first-order valence-corrected chi connectivity index (χ1v) is 10.7. The number of hydrogen-bond acceptors (Lipinski definition) is 5. The largest absolute Gasteiger partial charge is 0.318 e. The standard InChI is InChI=1S/C14H22N2O4S2/c1-15-10-13-4-3-9-16(13)22(19,20)14-7-5-12(6-8-14)11-21(2,17)18/h5-8,13,15H,3-4,9-11H2,1-2H3/t13-/m1/s1. The Morgan fingerprint density at radius 3 is 2.36 bits per heavy atom. The maximum absolute atomic E-state index is 12.7. The molecule has 6 nitrogen and oxygen atoms in total. The molecule has 0 bridgehead atoms. The van der Waals surface area contributed by atoms with Gasteiger partial charge in [-0.25, -0.2) is 16.8 Å². The summed E-state index contributed by atoms with van der Waals surface area (Å²) in [6.07, 6.45) is 2.87. The average Bonchev–Trinajstić information content (AvgIpc) is 2.87. The maximum atomic E-state index is 12.7. The van der Waals surface area contributed by atoms with Crippen LogP contribution >= 0.6 is 0 Å². The second-order valence-electron chi connectivity index (χ2n) is 5.68. The number of sulfone groups is 1. The minimum absolute atomic E-state index is 0.0225. The summed E-state index contributed by atoms with van der Waals surface area (Å²) in [6, 6.07) is 6.09. The molecule has 0 aromatic heterocycles. The normalized spacial score (nSPS) is 20.4. The molecule has 2 rings (SSSR count). The van der Waals surface area contributed by atoms with Crippen LogP contribution in [0.1, 0.15) is 18.4 Å². The third kappa shape index (κ3) is 4.07. The van der Waals surface area contributed by atoms with Crippen molar-refractivity contribution >= 4 is 19.9 Å². The lowest BCUT2D eigenvalue weighted by Gasteiger charge is -2.24. The van der Waals surface area contributed by atoms with Gasteiger partial charge in [0.15, 0.2) is 9.84 Å². The molecule has 0 amide bonds. The Morgan fingerprint density at radius 2 is 1.82 bits per heavy atom. The van der Waals surface area contributed by atoms with Gasteiger partial charge in [-0.3, -0.25) is 0 Å². The molecule has 1 saturated heterocycles. The molecule has 0 aliphatic carbocycles. The number of rotatable bonds is 6. The van der Waals surface area contributed by atoms with Gasteiger partial charge in [-0.05, 0) is 37.6 Å². The van der Waals surface area contributed by atoms with Crippen LogP contribution in [0.2, 0.25) is 0 Å². The SMILES string of the molecule is CNC[C@H]1CCCN1S(=O)(=O)c1ccc(CS(C)(=O)=O)cc1. The van der Waals surface area contributed by atoms with E-state index < -0.39 is 19.9 Å². The van der Waals surface area contributed by atoms with Crippen molar-refractivity contribution in [2.24, 2.45) is 0 Å². The summed E-state index contributed by atoms with van der Waals surface area (Å²) in [7, 11) is -4.84. The molecule has 1 aromatic rings. The van der Waals surface area contributed by atoms with Gasteiger partial charge >= 0.3 is 0 Å². The first-order chi connectivity index (χ1) is 10.2. The Kier molecular flexibility index (Phi) is 5.26. The van der Waals surface area contributed by atoms with Crippen LogP contribution in [0.15, 0.2) is 29.2 Å². The van der Waals surface area contributed by atoms with E-state index >= 15 is 0 Å². The molecular formula is C14H22N2O4S2. The topological polar surface area (TPSA) is 83.6 Å². The van der Waals surface area contributed by atoms with Crippen LogP contribution in [0.25, 0.3) is 0 Å². The first-order valence-electron chi connectivity index (χ1n) is 7.17. The molecule has 0 saturated carbocycles. The number of benzene rings is 1. The van der Waals surface area contributed by atoms with Crippen LogP contribution in [-0.4, -0.2) is 53.6 Å². The molecule has 1 atom stereocenters. The summed E-state index contributed by atoms with van der Waals surface area (Å²) in [6.45, 7) is 1.16. The minimum atomic E-state index is -3.53. The van der Waals surface area contributed by atoms with Gasteiger partial charge in [0.2, 0.25) is 10.0 Å². The molecule has 8 heteroatoms. The zero-order valence-corrected chi connectivity index (χ0v) is 14.5. The van der Waals surface area contributed by atoms with E-state index in [2.05, 4.69) is 5.32 Å². The van der Waals surface area contributed by atoms with Crippen molar-refractivity contribution in [1.82, 2.24) is 9.62 Å². The molecule has 0 spiro atoms. The highest BCUT2D eigenvalue weighted by molar-refractivity contribution is 7.90. The maximum Gasteiger partial charge on any atom is 0.243 e. The van der Waals surface area contributed by atoms with E-state index in [0.717, 1.165) is 19.1 Å². The van der Waals surface area contributed by atoms with Crippen LogP contribution in [0.5, 0.6) is 0 Å². The van der Waals surface area contributed by atoms with Gasteiger partial charge in [0.05, 0.1) is 10.6 Å². The molecule has 1 aromatic carbocycles. The molecule has 1 aliphatic rings. The van der Waals surface area contributed by atoms with Gasteiger partial charge in [-0.2, -0.15) is 4.31 Å². The Hall–Kier alpha value is -0.960. The second-order valence-corrected chi connectivity index (χ2v) is 9.71. The third-order valence-corrected chi connectivity index (χ3v) is 6.55. The zero-order valence-electron chi connectivity index (χ0n) is 12.8. The highest BCUT2D eigenvalue weighted by Crippen LogP contribution is 2.26. The Balaban J connectivity index is 2.23. The van der Waals surface area contributed by atoms with E-state index in [-0.39, 0.29) is 16.7 Å². The highest BCUT2D eigenvalue weighted by atomic mass is 32.2. The van der Waals surface area contributed by atoms with Crippen LogP contribution in [0, 0.1) is 0 Å². The van der Waals surface area contributed by atoms with Gasteiger partial charge in [0.25, 0.3) is 0 Å². The quantitative estimate of drug-likeness (QED) is 0.816. The van der Waals surface area contributed by atoms with Crippen molar-refractivity contribution in [1.29, 1.82) is 0 Å². The van der Waals surface area contributed by atoms with Crippen LogP contribution in [0.4, 0.5) is 0 Å². The smallest absolute Gasteiger partial charge is 0.243 e. The van der Waals surface area contributed by atoms with E-state index in [0.29, 0.717) is 18.7 Å². The fourth-order valence-corrected chi connectivity index (χ4v) is 5.25. The number of nitrogens with one attached hydrogen (secondary N) is 1. The van der Waals surface area contributed by atoms with E-state index in [4.69, 9.17) is 0 Å². The summed E-state index contributed by atoms with van der Waals surface area (Å²) in [5.41, 5.74) is 0.592. The van der Waals surface area contributed by atoms with E-state index in [1.807, 2.05) is 7.05 Å². The van der Waals surface area contributed by atoms with Crippen LogP contribution < -0.4 is 5.32 Å². The summed E-state index contributed by atoms with van der Waals surface area (Å²) >= 11 is 0. The molecule has 1 fully saturated rings. The summed E-state index contributed by atoms with van der Waals surface area (Å²) in [4.78, 5) is 0.216. The lowest BCUT2D eigenvalue weighted by molar-refractivity contribution is 0.379.